The quantitative estimate of drug-likeness (QED) is 0.348. The Bertz CT molecular complexity index is 1320. The van der Waals surface area contributed by atoms with Crippen molar-refractivity contribution in [2.24, 2.45) is 0 Å². The third-order valence-corrected chi connectivity index (χ3v) is 5.77. The molecule has 5 rings (SSSR count). The van der Waals surface area contributed by atoms with Crippen LogP contribution in [0.5, 0.6) is 5.75 Å². The Morgan fingerprint density at radius 2 is 2.11 bits per heavy atom. The normalized spacial score (nSPS) is 15.9. The first-order valence-corrected chi connectivity index (χ1v) is 11.5. The molecule has 11 heteroatoms. The Morgan fingerprint density at radius 3 is 2.94 bits per heavy atom. The van der Waals surface area contributed by atoms with Crippen LogP contribution >= 0.6 is 0 Å². The average molecular weight is 480 g/mol. The van der Waals surface area contributed by atoms with Crippen LogP contribution < -0.4 is 15.8 Å². The number of nitrogens with zero attached hydrogens (tertiary/aromatic N) is 5. The molecule has 4 aromatic rings. The largest absolute Gasteiger partial charge is 0.488 e. The molecule has 10 nitrogen and oxygen atoms in total. The zero-order chi connectivity index (χ0) is 24.2. The van der Waals surface area contributed by atoms with Crippen molar-refractivity contribution < 1.29 is 19.0 Å². The summed E-state index contributed by atoms with van der Waals surface area (Å²) in [6, 6.07) is 10.6. The number of anilines is 2. The lowest BCUT2D eigenvalue weighted by Crippen LogP contribution is -2.18. The van der Waals surface area contributed by atoms with Crippen LogP contribution in [-0.4, -0.2) is 49.7 Å². The first kappa shape index (κ1) is 22.9. The van der Waals surface area contributed by atoms with E-state index in [0.717, 1.165) is 42.3 Å². The molecule has 0 spiro atoms. The van der Waals surface area contributed by atoms with Crippen LogP contribution in [0.3, 0.4) is 0 Å². The molecule has 0 aliphatic carbocycles. The van der Waals surface area contributed by atoms with Crippen LogP contribution in [-0.2, 0) is 11.3 Å². The molecule has 2 aromatic carbocycles. The standard InChI is InChI=1S/C24H26FN7O3/c25-21-17(4-3-5-19(21)34-11-9-33)13-27-24-30-22(29-23(26)31-24)15-7-8-16-14-28-32(18(16)12-15)20-6-1-2-10-35-20/h3-5,7-8,12,14,20,33H,1-2,6,9-11,13H2,(H3,26,27,29,30,31). The molecule has 1 fully saturated rings. The lowest BCUT2D eigenvalue weighted by atomic mass is 10.1. The van der Waals surface area contributed by atoms with Crippen LogP contribution in [0, 0.1) is 5.82 Å². The van der Waals surface area contributed by atoms with Gasteiger partial charge in [0.15, 0.2) is 23.6 Å². The summed E-state index contributed by atoms with van der Waals surface area (Å²) in [7, 11) is 0. The minimum atomic E-state index is -0.514. The molecule has 0 amide bonds. The Hall–Kier alpha value is -3.83. The van der Waals surface area contributed by atoms with E-state index in [2.05, 4.69) is 25.4 Å². The minimum Gasteiger partial charge on any atom is -0.488 e. The minimum absolute atomic E-state index is 0.0112. The van der Waals surface area contributed by atoms with E-state index in [0.29, 0.717) is 11.4 Å². The fourth-order valence-electron chi connectivity index (χ4n) is 4.06. The molecule has 1 aliphatic rings. The number of aliphatic hydroxyl groups excluding tert-OH is 1. The summed E-state index contributed by atoms with van der Waals surface area (Å²) < 4.78 is 27.7. The predicted molar refractivity (Wildman–Crippen MR) is 128 cm³/mol. The number of halogens is 1. The van der Waals surface area contributed by atoms with E-state index in [1.54, 1.807) is 12.1 Å². The van der Waals surface area contributed by atoms with Gasteiger partial charge in [-0.1, -0.05) is 24.3 Å². The van der Waals surface area contributed by atoms with E-state index in [-0.39, 0.29) is 43.6 Å². The van der Waals surface area contributed by atoms with Gasteiger partial charge in [0.05, 0.1) is 18.3 Å². The van der Waals surface area contributed by atoms with Crippen molar-refractivity contribution in [1.82, 2.24) is 24.7 Å². The summed E-state index contributed by atoms with van der Waals surface area (Å²) in [5.41, 5.74) is 7.99. The van der Waals surface area contributed by atoms with Gasteiger partial charge in [0.1, 0.15) is 6.61 Å². The second-order valence-corrected chi connectivity index (χ2v) is 8.18. The van der Waals surface area contributed by atoms with Crippen LogP contribution in [0.1, 0.15) is 31.1 Å². The van der Waals surface area contributed by atoms with Gasteiger partial charge in [-0.2, -0.15) is 20.1 Å². The number of nitrogens with one attached hydrogen (secondary N) is 1. The lowest BCUT2D eigenvalue weighted by molar-refractivity contribution is -0.0366. The number of aliphatic hydroxyl groups is 1. The first-order valence-electron chi connectivity index (χ1n) is 11.5. The molecule has 0 saturated carbocycles. The Labute approximate surface area is 200 Å². The number of ether oxygens (including phenoxy) is 2. The summed E-state index contributed by atoms with van der Waals surface area (Å²) >= 11 is 0. The molecule has 1 saturated heterocycles. The Morgan fingerprint density at radius 1 is 1.20 bits per heavy atom. The monoisotopic (exact) mass is 479 g/mol. The van der Waals surface area contributed by atoms with E-state index in [1.807, 2.05) is 29.1 Å². The van der Waals surface area contributed by atoms with E-state index in [4.69, 9.17) is 20.3 Å². The first-order chi connectivity index (χ1) is 17.1. The van der Waals surface area contributed by atoms with Gasteiger partial charge < -0.3 is 25.6 Å². The van der Waals surface area contributed by atoms with Crippen molar-refractivity contribution in [1.29, 1.82) is 0 Å². The summed E-state index contributed by atoms with van der Waals surface area (Å²) in [4.78, 5) is 12.9. The zero-order valence-electron chi connectivity index (χ0n) is 19.0. The SMILES string of the molecule is Nc1nc(NCc2cccc(OCCO)c2F)nc(-c2ccc3cnn(C4CCCCO4)c3c2)n1. The van der Waals surface area contributed by atoms with E-state index in [1.165, 1.54) is 6.07 Å². The maximum absolute atomic E-state index is 14.7. The van der Waals surface area contributed by atoms with Gasteiger partial charge >= 0.3 is 0 Å². The highest BCUT2D eigenvalue weighted by Gasteiger charge is 2.19. The number of fused-ring (bicyclic) bond motifs is 1. The fraction of sp³-hybridized carbons (Fsp3) is 0.333. The molecule has 4 N–H and O–H groups in total. The van der Waals surface area contributed by atoms with Gasteiger partial charge in [0.25, 0.3) is 0 Å². The van der Waals surface area contributed by atoms with Crippen molar-refractivity contribution in [3.05, 3.63) is 54.0 Å². The summed E-state index contributed by atoms with van der Waals surface area (Å²) in [5.74, 6) is 0.208. The predicted octanol–water partition coefficient (Wildman–Crippen LogP) is 3.29. The second-order valence-electron chi connectivity index (χ2n) is 8.18. The number of benzene rings is 2. The highest BCUT2D eigenvalue weighted by Crippen LogP contribution is 2.29. The van der Waals surface area contributed by atoms with Crippen LogP contribution in [0.4, 0.5) is 16.3 Å². The topological polar surface area (TPSA) is 133 Å². The van der Waals surface area contributed by atoms with Crippen molar-refractivity contribution >= 4 is 22.8 Å². The molecule has 35 heavy (non-hydrogen) atoms. The molecule has 0 bridgehead atoms. The number of hydrogen-bond acceptors (Lipinski definition) is 9. The molecule has 1 atom stereocenters. The van der Waals surface area contributed by atoms with Gasteiger partial charge in [-0.3, -0.25) is 0 Å². The number of aromatic nitrogens is 5. The van der Waals surface area contributed by atoms with Gasteiger partial charge in [-0.15, -0.1) is 0 Å². The molecule has 1 unspecified atom stereocenters. The Balaban J connectivity index is 1.39. The van der Waals surface area contributed by atoms with Crippen LogP contribution in [0.25, 0.3) is 22.3 Å². The van der Waals surface area contributed by atoms with Gasteiger partial charge in [0.2, 0.25) is 11.9 Å². The molecule has 3 heterocycles. The molecule has 182 valence electrons. The van der Waals surface area contributed by atoms with E-state index < -0.39 is 5.82 Å². The van der Waals surface area contributed by atoms with E-state index >= 15 is 0 Å². The van der Waals surface area contributed by atoms with Gasteiger partial charge in [-0.05, 0) is 31.4 Å². The average Bonchev–Trinajstić information content (AvgIpc) is 3.31. The van der Waals surface area contributed by atoms with Gasteiger partial charge in [0, 0.05) is 29.7 Å². The van der Waals surface area contributed by atoms with Crippen molar-refractivity contribution in [3.8, 4) is 17.1 Å². The highest BCUT2D eigenvalue weighted by atomic mass is 19.1. The number of nitrogens with two attached hydrogens (primary N) is 1. The molecule has 2 aromatic heterocycles. The third kappa shape index (κ3) is 5.00. The maximum Gasteiger partial charge on any atom is 0.228 e. The number of rotatable bonds is 8. The third-order valence-electron chi connectivity index (χ3n) is 5.77. The smallest absolute Gasteiger partial charge is 0.228 e. The maximum atomic E-state index is 14.7. The van der Waals surface area contributed by atoms with Crippen LogP contribution in [0.15, 0.2) is 42.6 Å². The lowest BCUT2D eigenvalue weighted by Gasteiger charge is -2.23. The van der Waals surface area contributed by atoms with E-state index in [9.17, 15) is 4.39 Å². The van der Waals surface area contributed by atoms with Crippen molar-refractivity contribution in [2.75, 3.05) is 30.9 Å². The summed E-state index contributed by atoms with van der Waals surface area (Å²) in [5, 5.41) is 17.4. The fourth-order valence-corrected chi connectivity index (χ4v) is 4.06. The summed E-state index contributed by atoms with van der Waals surface area (Å²) in [6.45, 7) is 0.643. The summed E-state index contributed by atoms with van der Waals surface area (Å²) in [6.07, 6.45) is 4.80. The molecule has 1 aliphatic heterocycles. The zero-order valence-corrected chi connectivity index (χ0v) is 19.0. The van der Waals surface area contributed by atoms with Crippen LogP contribution in [0.2, 0.25) is 0 Å². The number of hydrogen-bond donors (Lipinski definition) is 3. The molecular weight excluding hydrogens is 453 g/mol. The second kappa shape index (κ2) is 10.2. The highest BCUT2D eigenvalue weighted by molar-refractivity contribution is 5.83. The molecular formula is C24H26FN7O3. The molecule has 0 radical (unpaired) electrons. The number of nitrogen functional groups attached to an aromatic ring is 1. The Kier molecular flexibility index (Phi) is 6.68. The van der Waals surface area contributed by atoms with Crippen molar-refractivity contribution in [3.63, 3.8) is 0 Å². The van der Waals surface area contributed by atoms with Crippen molar-refractivity contribution in [2.45, 2.75) is 32.0 Å². The van der Waals surface area contributed by atoms with Gasteiger partial charge in [-0.25, -0.2) is 9.07 Å².